The van der Waals surface area contributed by atoms with Gasteiger partial charge >= 0.3 is 17.9 Å². The number of hydrogen-bond donors (Lipinski definition) is 1. The highest BCUT2D eigenvalue weighted by Crippen LogP contribution is 2.04. The molecular formula is C11H16O6. The van der Waals surface area contributed by atoms with Crippen LogP contribution in [0.25, 0.3) is 0 Å². The smallest absolute Gasteiger partial charge is 0.330 e. The van der Waals surface area contributed by atoms with Gasteiger partial charge in [0.15, 0.2) is 0 Å². The molecule has 0 fully saturated rings. The molecular weight excluding hydrogens is 228 g/mol. The van der Waals surface area contributed by atoms with Crippen molar-refractivity contribution in [3.8, 4) is 0 Å². The second-order valence-electron chi connectivity index (χ2n) is 3.39. The van der Waals surface area contributed by atoms with Crippen LogP contribution in [-0.2, 0) is 23.9 Å². The van der Waals surface area contributed by atoms with E-state index >= 15 is 0 Å². The number of carboxylic acid groups (broad SMARTS) is 1. The third-order valence-electron chi connectivity index (χ3n) is 1.83. The van der Waals surface area contributed by atoms with E-state index < -0.39 is 23.8 Å². The fraction of sp³-hybridized carbons (Fsp3) is 0.545. The van der Waals surface area contributed by atoms with Gasteiger partial charge in [-0.2, -0.15) is 0 Å². The van der Waals surface area contributed by atoms with Crippen LogP contribution in [-0.4, -0.2) is 36.2 Å². The van der Waals surface area contributed by atoms with Crippen molar-refractivity contribution < 1.29 is 29.0 Å². The van der Waals surface area contributed by atoms with Crippen molar-refractivity contribution in [2.75, 3.05) is 13.2 Å². The third kappa shape index (κ3) is 8.01. The Morgan fingerprint density at radius 3 is 2.41 bits per heavy atom. The zero-order valence-electron chi connectivity index (χ0n) is 9.68. The van der Waals surface area contributed by atoms with Crippen LogP contribution in [0, 0.1) is 5.92 Å². The summed E-state index contributed by atoms with van der Waals surface area (Å²) in [5, 5.41) is 8.46. The Bertz CT molecular complexity index is 296. The summed E-state index contributed by atoms with van der Waals surface area (Å²) in [4.78, 5) is 32.2. The summed E-state index contributed by atoms with van der Waals surface area (Å²) in [6.07, 6.45) is 1.15. The lowest BCUT2D eigenvalue weighted by molar-refractivity contribution is -0.152. The van der Waals surface area contributed by atoms with E-state index in [1.807, 2.05) is 0 Å². The van der Waals surface area contributed by atoms with Gasteiger partial charge in [-0.05, 0) is 0 Å². The van der Waals surface area contributed by atoms with Gasteiger partial charge < -0.3 is 14.6 Å². The van der Waals surface area contributed by atoms with Crippen molar-refractivity contribution in [3.05, 3.63) is 12.7 Å². The Hall–Kier alpha value is -1.85. The Kier molecular flexibility index (Phi) is 7.41. The van der Waals surface area contributed by atoms with Crippen molar-refractivity contribution in [2.45, 2.75) is 19.8 Å². The largest absolute Gasteiger partial charge is 0.481 e. The molecule has 0 amide bonds. The zero-order chi connectivity index (χ0) is 13.3. The molecule has 0 aromatic heterocycles. The first-order chi connectivity index (χ1) is 7.97. The SMILES string of the molecule is C=CC(=O)OCCCOC(=O)C(C)CC(=O)O. The van der Waals surface area contributed by atoms with E-state index in [0.717, 1.165) is 6.08 Å². The normalized spacial score (nSPS) is 11.4. The monoisotopic (exact) mass is 244 g/mol. The summed E-state index contributed by atoms with van der Waals surface area (Å²) in [6.45, 7) is 4.92. The molecule has 1 N–H and O–H groups in total. The zero-order valence-corrected chi connectivity index (χ0v) is 9.68. The molecule has 0 saturated carbocycles. The molecule has 0 rings (SSSR count). The lowest BCUT2D eigenvalue weighted by Crippen LogP contribution is -2.19. The van der Waals surface area contributed by atoms with Crippen LogP contribution in [0.1, 0.15) is 19.8 Å². The first-order valence-corrected chi connectivity index (χ1v) is 5.15. The van der Waals surface area contributed by atoms with Gasteiger partial charge in [-0.1, -0.05) is 13.5 Å². The van der Waals surface area contributed by atoms with Crippen LogP contribution in [0.5, 0.6) is 0 Å². The Morgan fingerprint density at radius 1 is 1.29 bits per heavy atom. The molecule has 0 aliphatic carbocycles. The molecule has 0 saturated heterocycles. The van der Waals surface area contributed by atoms with E-state index in [-0.39, 0.29) is 19.6 Å². The number of hydrogen-bond acceptors (Lipinski definition) is 5. The van der Waals surface area contributed by atoms with E-state index in [0.29, 0.717) is 6.42 Å². The number of ether oxygens (including phenoxy) is 2. The molecule has 1 unspecified atom stereocenters. The Labute approximate surface area is 99.2 Å². The van der Waals surface area contributed by atoms with Gasteiger partial charge in [0, 0.05) is 12.5 Å². The lowest BCUT2D eigenvalue weighted by atomic mass is 10.1. The number of carbonyl (C=O) groups is 3. The molecule has 0 spiro atoms. The van der Waals surface area contributed by atoms with Gasteiger partial charge in [0.05, 0.1) is 25.6 Å². The highest BCUT2D eigenvalue weighted by atomic mass is 16.5. The number of rotatable bonds is 8. The van der Waals surface area contributed by atoms with Crippen LogP contribution in [0.2, 0.25) is 0 Å². The van der Waals surface area contributed by atoms with Crippen molar-refractivity contribution in [2.24, 2.45) is 5.92 Å². The van der Waals surface area contributed by atoms with Gasteiger partial charge in [0.1, 0.15) is 0 Å². The predicted octanol–water partition coefficient (Wildman–Crippen LogP) is 0.760. The minimum absolute atomic E-state index is 0.0905. The number of carbonyl (C=O) groups excluding carboxylic acids is 2. The number of esters is 2. The summed E-state index contributed by atoms with van der Waals surface area (Å²) < 4.78 is 9.46. The van der Waals surface area contributed by atoms with Gasteiger partial charge in [0.25, 0.3) is 0 Å². The summed E-state index contributed by atoms with van der Waals surface area (Å²) in [6, 6.07) is 0. The minimum Gasteiger partial charge on any atom is -0.481 e. The maximum absolute atomic E-state index is 11.2. The highest BCUT2D eigenvalue weighted by Gasteiger charge is 2.17. The van der Waals surface area contributed by atoms with E-state index in [1.54, 1.807) is 0 Å². The van der Waals surface area contributed by atoms with E-state index in [4.69, 9.17) is 9.84 Å². The number of aliphatic carboxylic acids is 1. The van der Waals surface area contributed by atoms with Crippen molar-refractivity contribution >= 4 is 17.9 Å². The van der Waals surface area contributed by atoms with Crippen molar-refractivity contribution in [3.63, 3.8) is 0 Å². The van der Waals surface area contributed by atoms with Crippen molar-refractivity contribution in [1.82, 2.24) is 0 Å². The molecule has 0 aliphatic heterocycles. The molecule has 0 bridgehead atoms. The standard InChI is InChI=1S/C11H16O6/c1-3-10(14)16-5-4-6-17-11(15)8(2)7-9(12)13/h3,8H,1,4-7H2,2H3,(H,12,13). The van der Waals surface area contributed by atoms with Crippen LogP contribution in [0.15, 0.2) is 12.7 Å². The summed E-state index contributed by atoms with van der Waals surface area (Å²) in [5.74, 6) is -2.82. The topological polar surface area (TPSA) is 89.9 Å². The molecule has 0 radical (unpaired) electrons. The lowest BCUT2D eigenvalue weighted by Gasteiger charge is -2.09. The summed E-state index contributed by atoms with van der Waals surface area (Å²) in [7, 11) is 0. The first-order valence-electron chi connectivity index (χ1n) is 5.15. The molecule has 96 valence electrons. The van der Waals surface area contributed by atoms with Crippen LogP contribution in [0.4, 0.5) is 0 Å². The predicted molar refractivity (Wildman–Crippen MR) is 58.1 cm³/mol. The summed E-state index contributed by atoms with van der Waals surface area (Å²) in [5.41, 5.74) is 0. The third-order valence-corrected chi connectivity index (χ3v) is 1.83. The second kappa shape index (κ2) is 8.32. The molecule has 6 heteroatoms. The average molecular weight is 244 g/mol. The average Bonchev–Trinajstić information content (AvgIpc) is 2.26. The molecule has 0 aromatic rings. The Morgan fingerprint density at radius 2 is 1.88 bits per heavy atom. The Balaban J connectivity index is 3.60. The van der Waals surface area contributed by atoms with Gasteiger partial charge in [-0.3, -0.25) is 9.59 Å². The van der Waals surface area contributed by atoms with Crippen LogP contribution >= 0.6 is 0 Å². The van der Waals surface area contributed by atoms with Crippen molar-refractivity contribution in [1.29, 1.82) is 0 Å². The maximum Gasteiger partial charge on any atom is 0.330 e. The molecule has 0 heterocycles. The molecule has 0 aliphatic rings. The fourth-order valence-corrected chi connectivity index (χ4v) is 0.951. The molecule has 17 heavy (non-hydrogen) atoms. The van der Waals surface area contributed by atoms with E-state index in [2.05, 4.69) is 11.3 Å². The second-order valence-corrected chi connectivity index (χ2v) is 3.39. The highest BCUT2D eigenvalue weighted by molar-refractivity contribution is 5.81. The molecule has 1 atom stereocenters. The van der Waals surface area contributed by atoms with Gasteiger partial charge in [-0.25, -0.2) is 4.79 Å². The van der Waals surface area contributed by atoms with Gasteiger partial charge in [0.2, 0.25) is 0 Å². The summed E-state index contributed by atoms with van der Waals surface area (Å²) >= 11 is 0. The quantitative estimate of drug-likeness (QED) is 0.385. The maximum atomic E-state index is 11.2. The van der Waals surface area contributed by atoms with Crippen LogP contribution < -0.4 is 0 Å². The van der Waals surface area contributed by atoms with E-state index in [9.17, 15) is 14.4 Å². The fourth-order valence-electron chi connectivity index (χ4n) is 0.951. The number of carboxylic acids is 1. The molecule has 0 aromatic carbocycles. The van der Waals surface area contributed by atoms with Gasteiger partial charge in [-0.15, -0.1) is 0 Å². The van der Waals surface area contributed by atoms with E-state index in [1.165, 1.54) is 6.92 Å². The molecule has 6 nitrogen and oxygen atoms in total. The van der Waals surface area contributed by atoms with Crippen LogP contribution in [0.3, 0.4) is 0 Å². The first kappa shape index (κ1) is 15.2. The minimum atomic E-state index is -1.05.